The third-order valence-electron chi connectivity index (χ3n) is 5.40. The lowest BCUT2D eigenvalue weighted by atomic mass is 9.71. The Morgan fingerprint density at radius 1 is 1.08 bits per heavy atom. The molecule has 0 radical (unpaired) electrons. The smallest absolute Gasteiger partial charge is 0.251 e. The highest BCUT2D eigenvalue weighted by molar-refractivity contribution is 5.94. The van der Waals surface area contributed by atoms with Gasteiger partial charge in [-0.1, -0.05) is 44.7 Å². The largest absolute Gasteiger partial charge is 0.352 e. The molecule has 4 N–H and O–H groups in total. The van der Waals surface area contributed by atoms with Crippen LogP contribution < -0.4 is 16.4 Å². The van der Waals surface area contributed by atoms with Crippen molar-refractivity contribution < 1.29 is 9.59 Å². The topological polar surface area (TPSA) is 84.2 Å². The summed E-state index contributed by atoms with van der Waals surface area (Å²) in [4.78, 5) is 24.3. The highest BCUT2D eigenvalue weighted by atomic mass is 16.2. The molecule has 26 heavy (non-hydrogen) atoms. The maximum Gasteiger partial charge on any atom is 0.251 e. The van der Waals surface area contributed by atoms with Crippen molar-refractivity contribution in [3.05, 3.63) is 35.4 Å². The van der Waals surface area contributed by atoms with Gasteiger partial charge in [0.2, 0.25) is 5.91 Å². The molecule has 0 aromatic heterocycles. The molecule has 0 spiro atoms. The van der Waals surface area contributed by atoms with Crippen LogP contribution in [0.5, 0.6) is 0 Å². The minimum absolute atomic E-state index is 0.0111. The molecule has 1 aliphatic carbocycles. The molecule has 144 valence electrons. The number of carbonyl (C=O) groups excluding carboxylic acids is 2. The summed E-state index contributed by atoms with van der Waals surface area (Å²) in [5.41, 5.74) is 7.60. The summed E-state index contributed by atoms with van der Waals surface area (Å²) in [7, 11) is 0. The van der Waals surface area contributed by atoms with Crippen LogP contribution in [0, 0.1) is 5.41 Å². The summed E-state index contributed by atoms with van der Waals surface area (Å²) in [6.07, 6.45) is 8.27. The molecular formula is C21H33N3O2. The van der Waals surface area contributed by atoms with Gasteiger partial charge in [-0.05, 0) is 48.9 Å². The molecule has 5 heteroatoms. The third-order valence-corrected chi connectivity index (χ3v) is 5.40. The van der Waals surface area contributed by atoms with E-state index in [1.165, 1.54) is 19.3 Å². The van der Waals surface area contributed by atoms with Crippen LogP contribution >= 0.6 is 0 Å². The zero-order valence-electron chi connectivity index (χ0n) is 16.0. The molecule has 1 aromatic rings. The SMILES string of the molecule is CCCCNC(=O)c1ccc(CNC(=O)CC2(CN)CCCCC2)cc1. The summed E-state index contributed by atoms with van der Waals surface area (Å²) in [6, 6.07) is 7.42. The van der Waals surface area contributed by atoms with Crippen molar-refractivity contribution in [1.29, 1.82) is 0 Å². The molecule has 1 saturated carbocycles. The summed E-state index contributed by atoms with van der Waals surface area (Å²) in [5, 5.41) is 5.91. The second kappa shape index (κ2) is 10.3. The highest BCUT2D eigenvalue weighted by Gasteiger charge is 2.32. The van der Waals surface area contributed by atoms with Crippen LogP contribution in [-0.4, -0.2) is 24.9 Å². The van der Waals surface area contributed by atoms with E-state index in [9.17, 15) is 9.59 Å². The van der Waals surface area contributed by atoms with E-state index in [-0.39, 0.29) is 17.2 Å². The Kier molecular flexibility index (Phi) is 8.10. The van der Waals surface area contributed by atoms with Crippen LogP contribution in [0.3, 0.4) is 0 Å². The quantitative estimate of drug-likeness (QED) is 0.592. The zero-order valence-corrected chi connectivity index (χ0v) is 16.0. The van der Waals surface area contributed by atoms with Crippen molar-refractivity contribution in [1.82, 2.24) is 10.6 Å². The lowest BCUT2D eigenvalue weighted by Crippen LogP contribution is -2.38. The van der Waals surface area contributed by atoms with Gasteiger partial charge in [-0.2, -0.15) is 0 Å². The van der Waals surface area contributed by atoms with Gasteiger partial charge in [-0.25, -0.2) is 0 Å². The van der Waals surface area contributed by atoms with Crippen LogP contribution in [0.4, 0.5) is 0 Å². The van der Waals surface area contributed by atoms with Crippen LogP contribution in [-0.2, 0) is 11.3 Å². The normalized spacial score (nSPS) is 16.1. The molecular weight excluding hydrogens is 326 g/mol. The Balaban J connectivity index is 1.79. The van der Waals surface area contributed by atoms with E-state index < -0.39 is 0 Å². The van der Waals surface area contributed by atoms with Crippen molar-refractivity contribution in [2.45, 2.75) is 64.8 Å². The number of nitrogens with one attached hydrogen (secondary N) is 2. The molecule has 1 aromatic carbocycles. The summed E-state index contributed by atoms with van der Waals surface area (Å²) in [5.74, 6) is 0.0231. The monoisotopic (exact) mass is 359 g/mol. The molecule has 5 nitrogen and oxygen atoms in total. The molecule has 2 rings (SSSR count). The van der Waals surface area contributed by atoms with Crippen LogP contribution in [0.2, 0.25) is 0 Å². The third kappa shape index (κ3) is 6.13. The minimum atomic E-state index is -0.0452. The number of rotatable bonds is 9. The van der Waals surface area contributed by atoms with Crippen molar-refractivity contribution in [3.63, 3.8) is 0 Å². The number of hydrogen-bond donors (Lipinski definition) is 3. The zero-order chi connectivity index (χ0) is 18.8. The van der Waals surface area contributed by atoms with Gasteiger partial charge in [-0.15, -0.1) is 0 Å². The number of benzene rings is 1. The Morgan fingerprint density at radius 2 is 1.77 bits per heavy atom. The maximum absolute atomic E-state index is 12.3. The van der Waals surface area contributed by atoms with Crippen molar-refractivity contribution in [2.24, 2.45) is 11.1 Å². The molecule has 0 saturated heterocycles. The molecule has 2 amide bonds. The van der Waals surface area contributed by atoms with Crippen molar-refractivity contribution >= 4 is 11.8 Å². The van der Waals surface area contributed by atoms with E-state index in [0.29, 0.717) is 31.6 Å². The number of unbranched alkanes of at least 4 members (excludes halogenated alkanes) is 1. The lowest BCUT2D eigenvalue weighted by Gasteiger charge is -2.35. The lowest BCUT2D eigenvalue weighted by molar-refractivity contribution is -0.124. The summed E-state index contributed by atoms with van der Waals surface area (Å²) >= 11 is 0. The van der Waals surface area contributed by atoms with Gasteiger partial charge in [0.1, 0.15) is 0 Å². The molecule has 0 unspecified atom stereocenters. The van der Waals surface area contributed by atoms with Crippen LogP contribution in [0.1, 0.15) is 74.2 Å². The van der Waals surface area contributed by atoms with E-state index in [2.05, 4.69) is 17.6 Å². The molecule has 0 bridgehead atoms. The van der Waals surface area contributed by atoms with E-state index in [1.54, 1.807) is 0 Å². The first kappa shape index (κ1) is 20.4. The molecule has 0 atom stereocenters. The fourth-order valence-corrected chi connectivity index (χ4v) is 3.61. The van der Waals surface area contributed by atoms with Crippen LogP contribution in [0.25, 0.3) is 0 Å². The number of hydrogen-bond acceptors (Lipinski definition) is 3. The van der Waals surface area contributed by atoms with Gasteiger partial charge in [0.25, 0.3) is 5.91 Å². The molecule has 1 aliphatic rings. The second-order valence-corrected chi connectivity index (χ2v) is 7.52. The molecule has 0 aliphatic heterocycles. The van der Waals surface area contributed by atoms with Gasteiger partial charge in [0.15, 0.2) is 0 Å². The summed E-state index contributed by atoms with van der Waals surface area (Å²) in [6.45, 7) is 3.87. The highest BCUT2D eigenvalue weighted by Crippen LogP contribution is 2.38. The predicted molar refractivity (Wildman–Crippen MR) is 105 cm³/mol. The Labute approximate surface area is 157 Å². The van der Waals surface area contributed by atoms with E-state index in [0.717, 1.165) is 31.2 Å². The van der Waals surface area contributed by atoms with Gasteiger partial charge in [0.05, 0.1) is 0 Å². The van der Waals surface area contributed by atoms with Gasteiger partial charge >= 0.3 is 0 Å². The van der Waals surface area contributed by atoms with E-state index in [1.807, 2.05) is 24.3 Å². The van der Waals surface area contributed by atoms with Crippen molar-refractivity contribution in [3.8, 4) is 0 Å². The fraction of sp³-hybridized carbons (Fsp3) is 0.619. The Hall–Kier alpha value is -1.88. The predicted octanol–water partition coefficient (Wildman–Crippen LogP) is 3.13. The van der Waals surface area contributed by atoms with Crippen LogP contribution in [0.15, 0.2) is 24.3 Å². The number of nitrogens with two attached hydrogens (primary N) is 1. The standard InChI is InChI=1S/C21H33N3O2/c1-2-3-13-23-20(26)18-9-7-17(8-10-18)15-24-19(25)14-21(16-22)11-5-4-6-12-21/h7-10H,2-6,11-16,22H2,1H3,(H,23,26)(H,24,25). The second-order valence-electron chi connectivity index (χ2n) is 7.52. The average molecular weight is 360 g/mol. The first-order valence-electron chi connectivity index (χ1n) is 9.92. The van der Waals surface area contributed by atoms with E-state index >= 15 is 0 Å². The Bertz CT molecular complexity index is 577. The van der Waals surface area contributed by atoms with E-state index in [4.69, 9.17) is 5.73 Å². The van der Waals surface area contributed by atoms with Gasteiger partial charge in [-0.3, -0.25) is 9.59 Å². The number of amides is 2. The average Bonchev–Trinajstić information content (AvgIpc) is 2.67. The van der Waals surface area contributed by atoms with Gasteiger partial charge < -0.3 is 16.4 Å². The molecule has 1 fully saturated rings. The number of carbonyl (C=O) groups is 2. The van der Waals surface area contributed by atoms with Crippen molar-refractivity contribution in [2.75, 3.05) is 13.1 Å². The molecule has 0 heterocycles. The first-order chi connectivity index (χ1) is 12.6. The fourth-order valence-electron chi connectivity index (χ4n) is 3.61. The first-order valence-corrected chi connectivity index (χ1v) is 9.92. The summed E-state index contributed by atoms with van der Waals surface area (Å²) < 4.78 is 0. The Morgan fingerprint density at radius 3 is 2.38 bits per heavy atom. The van der Waals surface area contributed by atoms with Gasteiger partial charge in [0, 0.05) is 25.1 Å². The maximum atomic E-state index is 12.3. The minimum Gasteiger partial charge on any atom is -0.352 e.